The number of amidine groups is 2. The molecule has 1 aromatic heterocycles. The lowest BCUT2D eigenvalue weighted by Crippen LogP contribution is -2.63. The van der Waals surface area contributed by atoms with Crippen molar-refractivity contribution in [1.29, 1.82) is 0 Å². The first-order chi connectivity index (χ1) is 32.4. The Kier molecular flexibility index (Phi) is 16.0. The number of fused-ring (bicyclic) bond motifs is 9. The van der Waals surface area contributed by atoms with Crippen LogP contribution in [0.25, 0.3) is 0 Å². The van der Waals surface area contributed by atoms with Crippen LogP contribution in [0.15, 0.2) is 33.0 Å². The number of piperidine rings is 3. The maximum Gasteiger partial charge on any atom is 0.277 e. The van der Waals surface area contributed by atoms with Crippen molar-refractivity contribution in [3.8, 4) is 0 Å². The Bertz CT molecular complexity index is 2080. The Hall–Kier alpha value is -4.90. The summed E-state index contributed by atoms with van der Waals surface area (Å²) in [6, 6.07) is 0. The standard InChI is InChI=1S/C39H65Cl2N23O3/c1-46-56-49-21-60-22-50-57-48-20-47-36-29(41)64(27(38(60)67)31(43)52-36)62-18-10-24(11-19-62)35-53-34(23-8-16-61(17-9-23)63-26(33(45)65)30(42)51-32(44)28(63)40)54-39(55-35)59-14-6-25(7-15-59)37(66)58-12-4-2-3-5-13-58/h23-25,28-29,46,48-50,56-57H,2-22,42-43H2,1H3,(H2,44,51)(H2,45,65)(H,47,52). The van der Waals surface area contributed by atoms with Gasteiger partial charge in [0.25, 0.3) is 11.8 Å². The molecule has 9 rings (SSSR count). The van der Waals surface area contributed by atoms with Gasteiger partial charge in [0.05, 0.1) is 13.3 Å². The summed E-state index contributed by atoms with van der Waals surface area (Å²) in [5.41, 5.74) is 40.3. The van der Waals surface area contributed by atoms with Gasteiger partial charge in [-0.15, -0.1) is 0 Å². The smallest absolute Gasteiger partial charge is 0.277 e. The van der Waals surface area contributed by atoms with Crippen LogP contribution in [-0.4, -0.2) is 165 Å². The first kappa shape index (κ1) is 48.6. The molecule has 9 heterocycles. The molecule has 368 valence electrons. The highest BCUT2D eigenvalue weighted by Gasteiger charge is 2.43. The first-order valence-electron chi connectivity index (χ1n) is 23.2. The molecule has 26 nitrogen and oxygen atoms in total. The fourth-order valence-corrected chi connectivity index (χ4v) is 10.4. The molecule has 2 bridgehead atoms. The van der Waals surface area contributed by atoms with Gasteiger partial charge >= 0.3 is 0 Å². The minimum Gasteiger partial charge on any atom is -0.384 e. The average Bonchev–Trinajstić information content (AvgIpc) is 3.63. The van der Waals surface area contributed by atoms with Crippen LogP contribution in [0.2, 0.25) is 0 Å². The van der Waals surface area contributed by atoms with Crippen LogP contribution in [0.1, 0.15) is 87.7 Å². The van der Waals surface area contributed by atoms with Crippen molar-refractivity contribution in [2.45, 2.75) is 87.0 Å². The van der Waals surface area contributed by atoms with Gasteiger partial charge in [-0.05, 0) is 58.4 Å². The first-order valence-corrected chi connectivity index (χ1v) is 24.1. The fraction of sp³-hybridized carbons (Fsp3) is 0.692. The van der Waals surface area contributed by atoms with Crippen LogP contribution < -0.4 is 65.9 Å². The van der Waals surface area contributed by atoms with Gasteiger partial charge in [-0.1, -0.05) is 36.0 Å². The van der Waals surface area contributed by atoms with Crippen molar-refractivity contribution >= 4 is 58.5 Å². The van der Waals surface area contributed by atoms with Crippen molar-refractivity contribution in [1.82, 2.24) is 82.9 Å². The zero-order valence-corrected chi connectivity index (χ0v) is 39.4. The molecule has 3 amide bonds. The summed E-state index contributed by atoms with van der Waals surface area (Å²) >= 11 is 13.9. The van der Waals surface area contributed by atoms with Crippen molar-refractivity contribution in [2.75, 3.05) is 84.3 Å². The number of halogens is 2. The second-order valence-corrected chi connectivity index (χ2v) is 18.4. The molecule has 1 aromatic rings. The lowest BCUT2D eigenvalue weighted by atomic mass is 9.94. The monoisotopic (exact) mass is 974 g/mol. The number of amides is 3. The summed E-state index contributed by atoms with van der Waals surface area (Å²) in [6.45, 7) is 5.32. The predicted octanol–water partition coefficient (Wildman–Crippen LogP) is -2.93. The number of nitrogens with one attached hydrogen (secondary N) is 7. The van der Waals surface area contributed by atoms with Gasteiger partial charge in [0, 0.05) is 70.1 Å². The van der Waals surface area contributed by atoms with Gasteiger partial charge in [-0.2, -0.15) is 21.0 Å². The van der Waals surface area contributed by atoms with E-state index in [4.69, 9.17) is 61.1 Å². The number of likely N-dealkylation sites (tertiary alicyclic amines) is 1. The number of anilines is 1. The largest absolute Gasteiger partial charge is 0.384 e. The summed E-state index contributed by atoms with van der Waals surface area (Å²) < 4.78 is 0. The highest BCUT2D eigenvalue weighted by Crippen LogP contribution is 2.36. The molecular weight excluding hydrogens is 909 g/mol. The molecule has 4 fully saturated rings. The molecule has 8 aliphatic rings. The molecule has 0 radical (unpaired) electrons. The Labute approximate surface area is 399 Å². The van der Waals surface area contributed by atoms with E-state index < -0.39 is 16.9 Å². The van der Waals surface area contributed by atoms with Crippen LogP contribution >= 0.6 is 23.2 Å². The molecule has 0 saturated carbocycles. The SMILES string of the molecule is CNNNCN1CNNNCN=C2NC(N)=C(C1=O)N(N1CCC(c3nc(C4CCN(N5C(C(N)=O)=C(N)N=C(N)C5Cl)CC4)nc(N4CCC(C(=O)N5CCCCCC5)CC4)n3)CC1)C2Cl. The number of aromatic nitrogens is 3. The highest BCUT2D eigenvalue weighted by atomic mass is 35.5. The van der Waals surface area contributed by atoms with Gasteiger partial charge in [-0.3, -0.25) is 29.4 Å². The normalized spacial score (nSPS) is 25.4. The van der Waals surface area contributed by atoms with Crippen LogP contribution in [-0.2, 0) is 14.4 Å². The minimum atomic E-state index is -0.939. The number of rotatable bonds is 11. The van der Waals surface area contributed by atoms with Crippen LogP contribution in [0.5, 0.6) is 0 Å². The van der Waals surface area contributed by atoms with Crippen molar-refractivity contribution in [2.24, 2.45) is 38.8 Å². The summed E-state index contributed by atoms with van der Waals surface area (Å²) in [6.07, 6.45) is 8.43. The number of carbonyl (C=O) groups excluding carboxylic acids is 3. The van der Waals surface area contributed by atoms with Gasteiger partial charge < -0.3 is 43.0 Å². The maximum atomic E-state index is 14.3. The van der Waals surface area contributed by atoms with E-state index in [1.54, 1.807) is 17.1 Å². The zero-order valence-electron chi connectivity index (χ0n) is 37.9. The number of nitrogens with two attached hydrogens (primary N) is 4. The molecule has 15 N–H and O–H groups in total. The van der Waals surface area contributed by atoms with Crippen molar-refractivity contribution in [3.05, 3.63) is 34.7 Å². The number of hydrogen-bond acceptors (Lipinski definition) is 23. The number of primary amides is 1. The average molecular weight is 975 g/mol. The third kappa shape index (κ3) is 10.9. The quantitative estimate of drug-likeness (QED) is 0.0458. The number of hydrazine groups is 6. The number of aliphatic imine (C=N–C) groups is 2. The Morgan fingerprint density at radius 2 is 1.42 bits per heavy atom. The molecule has 4 saturated heterocycles. The Morgan fingerprint density at radius 3 is 2.03 bits per heavy atom. The molecule has 0 aromatic carbocycles. The van der Waals surface area contributed by atoms with E-state index in [0.717, 1.165) is 38.8 Å². The van der Waals surface area contributed by atoms with E-state index in [0.29, 0.717) is 88.4 Å². The second kappa shape index (κ2) is 22.0. The summed E-state index contributed by atoms with van der Waals surface area (Å²) in [7, 11) is 1.70. The Balaban J connectivity index is 1.02. The van der Waals surface area contributed by atoms with Crippen LogP contribution in [0, 0.1) is 5.92 Å². The number of alkyl halides is 2. The third-order valence-electron chi connectivity index (χ3n) is 13.3. The van der Waals surface area contributed by atoms with E-state index in [1.807, 2.05) is 10.0 Å². The zero-order chi connectivity index (χ0) is 47.2. The molecule has 2 unspecified atom stereocenters. The molecule has 0 spiro atoms. The molecule has 0 aliphatic carbocycles. The highest BCUT2D eigenvalue weighted by molar-refractivity contribution is 6.32. The predicted molar refractivity (Wildman–Crippen MR) is 250 cm³/mol. The second-order valence-electron chi connectivity index (χ2n) is 17.6. The van der Waals surface area contributed by atoms with Crippen molar-refractivity contribution < 1.29 is 14.4 Å². The lowest BCUT2D eigenvalue weighted by Gasteiger charge is -2.46. The number of nitrogens with zero attached hydrogens (tertiary/aromatic N) is 12. The molecule has 2 atom stereocenters. The summed E-state index contributed by atoms with van der Waals surface area (Å²) in [5, 5.41) is 10.3. The van der Waals surface area contributed by atoms with Crippen molar-refractivity contribution in [3.63, 3.8) is 0 Å². The summed E-state index contributed by atoms with van der Waals surface area (Å²) in [5.74, 6) is 1.47. The number of hydrogen-bond donors (Lipinski definition) is 11. The minimum absolute atomic E-state index is 0.00225. The topological polar surface area (TPSA) is 326 Å². The molecular formula is C39H65Cl2N23O3. The Morgan fingerprint density at radius 1 is 0.791 bits per heavy atom. The molecule has 8 aliphatic heterocycles. The number of carbonyl (C=O) groups is 3. The van der Waals surface area contributed by atoms with Gasteiger partial charge in [-0.25, -0.2) is 41.7 Å². The third-order valence-corrected chi connectivity index (χ3v) is 14.1. The van der Waals surface area contributed by atoms with E-state index in [1.165, 1.54) is 17.7 Å². The van der Waals surface area contributed by atoms with E-state index in [-0.39, 0.29) is 78.4 Å². The lowest BCUT2D eigenvalue weighted by molar-refractivity contribution is -0.136. The van der Waals surface area contributed by atoms with Crippen LogP contribution in [0.3, 0.4) is 0 Å². The fourth-order valence-electron chi connectivity index (χ4n) is 9.74. The van der Waals surface area contributed by atoms with Gasteiger partial charge in [0.1, 0.15) is 35.8 Å². The summed E-state index contributed by atoms with van der Waals surface area (Å²) in [4.78, 5) is 70.5. The van der Waals surface area contributed by atoms with E-state index in [2.05, 4.69) is 57.9 Å². The molecule has 67 heavy (non-hydrogen) atoms. The van der Waals surface area contributed by atoms with Gasteiger partial charge in [0.15, 0.2) is 28.2 Å². The van der Waals surface area contributed by atoms with E-state index >= 15 is 0 Å². The van der Waals surface area contributed by atoms with Gasteiger partial charge in [0.2, 0.25) is 11.9 Å². The van der Waals surface area contributed by atoms with Crippen LogP contribution in [0.4, 0.5) is 5.95 Å². The van der Waals surface area contributed by atoms with E-state index in [9.17, 15) is 14.4 Å². The molecule has 28 heteroatoms. The maximum absolute atomic E-state index is 14.3.